The molecule has 0 aliphatic carbocycles. The highest BCUT2D eigenvalue weighted by atomic mass is 127. The lowest BCUT2D eigenvalue weighted by Crippen LogP contribution is -2.67. The summed E-state index contributed by atoms with van der Waals surface area (Å²) >= 11 is 2.14. The number of unbranched alkanes of at least 4 members (excludes halogenated alkanes) is 6. The maximum atomic E-state index is 12.6. The summed E-state index contributed by atoms with van der Waals surface area (Å²) in [6.45, 7) is 7.45. The average molecular weight is 861 g/mol. The Morgan fingerprint density at radius 3 is 2.15 bits per heavy atom. The largest absolute Gasteiger partial charge is 0.469 e. The molecule has 0 heterocycles. The zero-order chi connectivity index (χ0) is 39.1. The van der Waals surface area contributed by atoms with E-state index in [1.54, 1.807) is 12.1 Å². The number of ether oxygens (including phenoxy) is 1. The molecule has 0 bridgehead atoms. The van der Waals surface area contributed by atoms with Crippen LogP contribution in [-0.2, 0) is 14.0 Å². The normalized spacial score (nSPS) is 12.6. The summed E-state index contributed by atoms with van der Waals surface area (Å²) in [6, 6.07) is 26.5. The van der Waals surface area contributed by atoms with Crippen molar-refractivity contribution in [3.05, 3.63) is 135 Å². The molecule has 3 rings (SSSR count). The lowest BCUT2D eigenvalue weighted by molar-refractivity contribution is -0.140. The van der Waals surface area contributed by atoms with Gasteiger partial charge in [-0.15, -0.1) is 0 Å². The minimum absolute atomic E-state index is 0.145. The van der Waals surface area contributed by atoms with E-state index < -0.39 is 8.32 Å². The van der Waals surface area contributed by atoms with Crippen molar-refractivity contribution in [3.63, 3.8) is 0 Å². The second-order valence-electron chi connectivity index (χ2n) is 14.3. The van der Waals surface area contributed by atoms with E-state index in [2.05, 4.69) is 156 Å². The van der Waals surface area contributed by atoms with Crippen LogP contribution in [0.2, 0.25) is 5.04 Å². The van der Waals surface area contributed by atoms with Crippen molar-refractivity contribution in [2.75, 3.05) is 13.7 Å². The maximum Gasteiger partial charge on any atom is 0.305 e. The van der Waals surface area contributed by atoms with Gasteiger partial charge >= 0.3 is 5.97 Å². The lowest BCUT2D eigenvalue weighted by atomic mass is 10.1. The minimum atomic E-state index is -2.76. The molecule has 1 N–H and O–H groups in total. The molecule has 3 aromatic carbocycles. The summed E-state index contributed by atoms with van der Waals surface area (Å²) in [4.78, 5) is 27.3. The number of hydrogen-bond acceptors (Lipinski definition) is 5. The topological polar surface area (TPSA) is 113 Å². The Morgan fingerprint density at radius 2 is 1.52 bits per heavy atom. The number of nitrogens with zero attached hydrogens (tertiary/aromatic N) is 3. The molecule has 0 aliphatic heterocycles. The third kappa shape index (κ3) is 14.7. The molecule has 0 aliphatic rings. The molecule has 0 radical (unpaired) electrons. The zero-order valence-electron chi connectivity index (χ0n) is 32.4. The molecule has 288 valence electrons. The molecule has 0 unspecified atom stereocenters. The molecule has 0 saturated carbocycles. The summed E-state index contributed by atoms with van der Waals surface area (Å²) in [5.41, 5.74) is 9.53. The number of nitrogens with one attached hydrogen (secondary N) is 1. The summed E-state index contributed by atoms with van der Waals surface area (Å²) < 4.78 is 13.2. The number of halogens is 1. The van der Waals surface area contributed by atoms with E-state index in [1.165, 1.54) is 36.7 Å². The molecule has 0 spiro atoms. The van der Waals surface area contributed by atoms with Crippen molar-refractivity contribution in [1.82, 2.24) is 5.32 Å². The van der Waals surface area contributed by atoms with Gasteiger partial charge in [-0.3, -0.25) is 9.59 Å². The summed E-state index contributed by atoms with van der Waals surface area (Å²) in [5.74, 6) is -0.401. The maximum absolute atomic E-state index is 12.6. The molecule has 1 atom stereocenters. The van der Waals surface area contributed by atoms with Gasteiger partial charge in [0.1, 0.15) is 0 Å². The van der Waals surface area contributed by atoms with E-state index >= 15 is 0 Å². The second-order valence-corrected chi connectivity index (χ2v) is 19.8. The van der Waals surface area contributed by atoms with Gasteiger partial charge in [0.25, 0.3) is 14.2 Å². The fourth-order valence-corrected chi connectivity index (χ4v) is 11.7. The molecule has 1 amide bonds. The fourth-order valence-electron chi connectivity index (χ4n) is 6.52. The number of benzene rings is 3. The molecule has 54 heavy (non-hydrogen) atoms. The number of carbonyl (C=O) groups is 2. The number of amides is 1. The van der Waals surface area contributed by atoms with Gasteiger partial charge in [-0.05, 0) is 94.2 Å². The van der Waals surface area contributed by atoms with E-state index in [-0.39, 0.29) is 23.0 Å². The molecular weight excluding hydrogens is 803 g/mol. The average Bonchev–Trinajstić information content (AvgIpc) is 3.17. The highest BCUT2D eigenvalue weighted by Gasteiger charge is 2.51. The fraction of sp³-hybridized carbons (Fsp3) is 0.409. The van der Waals surface area contributed by atoms with Crippen molar-refractivity contribution in [2.45, 2.75) is 103 Å². The van der Waals surface area contributed by atoms with Crippen LogP contribution in [0.25, 0.3) is 10.4 Å². The second kappa shape index (κ2) is 24.4. The SMILES string of the molecule is COC(=O)CCC[C@@H](/C=C/C=C\C/C=C\CCCCCCCCNC(=O)c1cc(I)ccc1N=[N+]=[N-])O[Si](c1ccccc1)(c1ccccc1)C(C)(C)C. The molecule has 0 aromatic heterocycles. The van der Waals surface area contributed by atoms with Crippen LogP contribution in [0.15, 0.2) is 120 Å². The molecule has 0 fully saturated rings. The van der Waals surface area contributed by atoms with Crippen LogP contribution >= 0.6 is 22.6 Å². The van der Waals surface area contributed by atoms with Crippen molar-refractivity contribution in [2.24, 2.45) is 5.11 Å². The predicted octanol–water partition coefficient (Wildman–Crippen LogP) is 11.0. The molecule has 3 aromatic rings. The van der Waals surface area contributed by atoms with Crippen LogP contribution < -0.4 is 15.7 Å². The Bertz CT molecular complexity index is 1680. The first kappa shape index (κ1) is 44.4. The highest BCUT2D eigenvalue weighted by Crippen LogP contribution is 2.38. The van der Waals surface area contributed by atoms with Crippen molar-refractivity contribution in [1.29, 1.82) is 0 Å². The van der Waals surface area contributed by atoms with Crippen molar-refractivity contribution < 1.29 is 18.8 Å². The molecule has 8 nitrogen and oxygen atoms in total. The van der Waals surface area contributed by atoms with E-state index in [0.717, 1.165) is 42.1 Å². The van der Waals surface area contributed by atoms with E-state index in [1.807, 2.05) is 6.07 Å². The van der Waals surface area contributed by atoms with Crippen molar-refractivity contribution >= 4 is 58.8 Å². The first-order valence-corrected chi connectivity index (χ1v) is 22.1. The molecular formula is C44H57IN4O4Si. The van der Waals surface area contributed by atoms with E-state index in [4.69, 9.17) is 14.7 Å². The molecule has 10 heteroatoms. The Balaban J connectivity index is 1.45. The van der Waals surface area contributed by atoms with Gasteiger partial charge in [0.05, 0.1) is 18.9 Å². The van der Waals surface area contributed by atoms with Crippen LogP contribution in [0.3, 0.4) is 0 Å². The van der Waals surface area contributed by atoms with Gasteiger partial charge in [-0.25, -0.2) is 0 Å². The van der Waals surface area contributed by atoms with Crippen LogP contribution in [0.1, 0.15) is 102 Å². The first-order valence-electron chi connectivity index (χ1n) is 19.1. The third-order valence-corrected chi connectivity index (χ3v) is 15.0. The number of methoxy groups -OCH3 is 1. The van der Waals surface area contributed by atoms with Gasteiger partial charge in [0.15, 0.2) is 0 Å². The van der Waals surface area contributed by atoms with Crippen molar-refractivity contribution in [3.8, 4) is 0 Å². The third-order valence-electron chi connectivity index (χ3n) is 9.29. The first-order chi connectivity index (χ1) is 26.1. The van der Waals surface area contributed by atoms with Crippen LogP contribution in [0, 0.1) is 3.57 Å². The van der Waals surface area contributed by atoms with Crippen LogP contribution in [0.4, 0.5) is 5.69 Å². The standard InChI is InChI=1S/C44H57IN4O4Si/c1-44(2,3)54(38-27-19-16-20-28-38,39-29-21-17-22-30-39)53-37(26-24-31-42(50)52-4)25-18-14-12-10-8-6-5-7-9-11-13-15-23-34-47-43(51)40-35-36(45)32-33-41(40)48-49-46/h6,8,12,14,16-22,25,27-30,32-33,35,37H,5,7,9-11,13,15,23-24,26,31,34H2,1-4H3,(H,47,51)/b8-6-,14-12-,25-18+/t37-/m1/s1. The monoisotopic (exact) mass is 860 g/mol. The number of rotatable bonds is 23. The Kier molecular flexibility index (Phi) is 20.1. The summed E-state index contributed by atoms with van der Waals surface area (Å²) in [6.07, 6.45) is 23.2. The summed E-state index contributed by atoms with van der Waals surface area (Å²) in [5, 5.41) is 8.91. The van der Waals surface area contributed by atoms with Gasteiger partial charge < -0.3 is 14.5 Å². The quantitative estimate of drug-likeness (QED) is 0.0118. The predicted molar refractivity (Wildman–Crippen MR) is 233 cm³/mol. The lowest BCUT2D eigenvalue weighted by Gasteiger charge is -2.44. The Morgan fingerprint density at radius 1 is 0.870 bits per heavy atom. The number of azide groups is 1. The zero-order valence-corrected chi connectivity index (χ0v) is 35.5. The highest BCUT2D eigenvalue weighted by molar-refractivity contribution is 14.1. The molecule has 0 saturated heterocycles. The Hall–Kier alpha value is -3.96. The number of hydrogen-bond donors (Lipinski definition) is 1. The van der Waals surface area contributed by atoms with Gasteiger partial charge in [0.2, 0.25) is 0 Å². The van der Waals surface area contributed by atoms with Gasteiger partial charge in [-0.1, -0.05) is 155 Å². The number of allylic oxidation sites excluding steroid dienone is 5. The van der Waals surface area contributed by atoms with Crippen LogP contribution in [-0.4, -0.2) is 40.0 Å². The van der Waals surface area contributed by atoms with E-state index in [0.29, 0.717) is 30.6 Å². The number of carbonyl (C=O) groups excluding carboxylic acids is 2. The number of esters is 1. The van der Waals surface area contributed by atoms with E-state index in [9.17, 15) is 9.59 Å². The minimum Gasteiger partial charge on any atom is -0.469 e. The van der Waals surface area contributed by atoms with Gasteiger partial charge in [0, 0.05) is 27.0 Å². The summed E-state index contributed by atoms with van der Waals surface area (Å²) in [7, 11) is -1.32. The Labute approximate surface area is 337 Å². The smallest absolute Gasteiger partial charge is 0.305 e. The van der Waals surface area contributed by atoms with Gasteiger partial charge in [-0.2, -0.15) is 0 Å². The van der Waals surface area contributed by atoms with Crippen LogP contribution in [0.5, 0.6) is 0 Å².